The molecule has 9 heteroatoms. The molecule has 3 rings (SSSR count). The van der Waals surface area contributed by atoms with Crippen LogP contribution in [0.25, 0.3) is 0 Å². The Kier molecular flexibility index (Phi) is 5.79. The number of aromatic amines is 1. The number of hydrogen-bond acceptors (Lipinski definition) is 5. The number of pyridine rings is 2. The number of sulfonamides is 1. The molecule has 0 radical (unpaired) electrons. The molecular formula is C20H19N3O5S. The van der Waals surface area contributed by atoms with E-state index in [1.54, 1.807) is 13.0 Å². The number of nitrogens with one attached hydrogen (secondary N) is 2. The fourth-order valence-electron chi connectivity index (χ4n) is 3.01. The van der Waals surface area contributed by atoms with Crippen LogP contribution in [-0.4, -0.2) is 29.5 Å². The summed E-state index contributed by atoms with van der Waals surface area (Å²) in [6, 6.07) is 13.5. The van der Waals surface area contributed by atoms with Crippen LogP contribution in [0.1, 0.15) is 22.4 Å². The highest BCUT2D eigenvalue weighted by atomic mass is 32.2. The Labute approximate surface area is 167 Å². The van der Waals surface area contributed by atoms with Gasteiger partial charge in [-0.2, -0.15) is 8.42 Å². The average Bonchev–Trinajstić information content (AvgIpc) is 2.69. The summed E-state index contributed by atoms with van der Waals surface area (Å²) in [5, 5.41) is 9.07. The molecule has 8 nitrogen and oxygen atoms in total. The molecule has 3 N–H and O–H groups in total. The van der Waals surface area contributed by atoms with Crippen molar-refractivity contribution in [3.05, 3.63) is 87.5 Å². The first kappa shape index (κ1) is 20.3. The highest BCUT2D eigenvalue weighted by Crippen LogP contribution is 2.24. The monoisotopic (exact) mass is 413 g/mol. The quantitative estimate of drug-likeness (QED) is 0.544. The fourth-order valence-corrected chi connectivity index (χ4v) is 4.06. The zero-order chi connectivity index (χ0) is 21.0. The second kappa shape index (κ2) is 8.27. The highest BCUT2D eigenvalue weighted by Gasteiger charge is 2.23. The minimum absolute atomic E-state index is 0.189. The third kappa shape index (κ3) is 4.69. The summed E-state index contributed by atoms with van der Waals surface area (Å²) in [5.74, 6) is -1.09. The van der Waals surface area contributed by atoms with Gasteiger partial charge >= 0.3 is 5.97 Å². The van der Waals surface area contributed by atoms with E-state index < -0.39 is 21.6 Å². The maximum Gasteiger partial charge on any atom is 0.307 e. The number of aryl methyl sites for hydroxylation is 1. The largest absolute Gasteiger partial charge is 0.481 e. The summed E-state index contributed by atoms with van der Waals surface area (Å²) in [4.78, 5) is 30.4. The number of carbonyl (C=O) groups is 1. The minimum Gasteiger partial charge on any atom is -0.481 e. The third-order valence-electron chi connectivity index (χ3n) is 4.35. The van der Waals surface area contributed by atoms with Crippen LogP contribution in [0.2, 0.25) is 0 Å². The standard InChI is InChI=1S/C20H19N3O5S/c1-13-15(12-18(24)25)16(11-14-7-3-2-4-8-14)19(20(26)22-13)23-29(27,28)17-9-5-6-10-21-17/h2-10,23H,11-12H2,1H3,(H,22,26)(H,24,25). The number of hydrogen-bond donors (Lipinski definition) is 3. The molecule has 0 aliphatic heterocycles. The highest BCUT2D eigenvalue weighted by molar-refractivity contribution is 7.92. The van der Waals surface area contributed by atoms with Gasteiger partial charge in [-0.1, -0.05) is 36.4 Å². The van der Waals surface area contributed by atoms with Crippen molar-refractivity contribution in [3.63, 3.8) is 0 Å². The lowest BCUT2D eigenvalue weighted by Gasteiger charge is -2.17. The van der Waals surface area contributed by atoms with Crippen LogP contribution in [0.3, 0.4) is 0 Å². The molecule has 0 spiro atoms. The molecule has 2 aromatic heterocycles. The summed E-state index contributed by atoms with van der Waals surface area (Å²) in [5.41, 5.74) is 1.01. The van der Waals surface area contributed by atoms with Gasteiger partial charge < -0.3 is 10.1 Å². The molecule has 0 aliphatic rings. The number of nitrogens with zero attached hydrogens (tertiary/aromatic N) is 1. The SMILES string of the molecule is Cc1[nH]c(=O)c(NS(=O)(=O)c2ccccn2)c(Cc2ccccc2)c1CC(=O)O. The van der Waals surface area contributed by atoms with Crippen LogP contribution in [0, 0.1) is 6.92 Å². The van der Waals surface area contributed by atoms with E-state index >= 15 is 0 Å². The molecule has 0 saturated carbocycles. The van der Waals surface area contributed by atoms with E-state index in [0.29, 0.717) is 16.8 Å². The first-order valence-corrected chi connectivity index (χ1v) is 10.2. The Morgan fingerprint density at radius 1 is 1.10 bits per heavy atom. The Morgan fingerprint density at radius 2 is 1.79 bits per heavy atom. The van der Waals surface area contributed by atoms with E-state index in [2.05, 4.69) is 14.7 Å². The number of aromatic nitrogens is 2. The van der Waals surface area contributed by atoms with E-state index in [9.17, 15) is 23.1 Å². The van der Waals surface area contributed by atoms with Crippen LogP contribution in [0.5, 0.6) is 0 Å². The van der Waals surface area contributed by atoms with Crippen LogP contribution >= 0.6 is 0 Å². The van der Waals surface area contributed by atoms with Gasteiger partial charge in [-0.25, -0.2) is 4.98 Å². The van der Waals surface area contributed by atoms with Gasteiger partial charge in [-0.15, -0.1) is 0 Å². The lowest BCUT2D eigenvalue weighted by atomic mass is 9.96. The van der Waals surface area contributed by atoms with Gasteiger partial charge in [0.1, 0.15) is 5.69 Å². The molecule has 0 saturated heterocycles. The lowest BCUT2D eigenvalue weighted by Crippen LogP contribution is -2.25. The Morgan fingerprint density at radius 3 is 2.41 bits per heavy atom. The average molecular weight is 413 g/mol. The summed E-state index contributed by atoms with van der Waals surface area (Å²) >= 11 is 0. The summed E-state index contributed by atoms with van der Waals surface area (Å²) < 4.78 is 27.8. The third-order valence-corrected chi connectivity index (χ3v) is 5.61. The smallest absolute Gasteiger partial charge is 0.307 e. The van der Waals surface area contributed by atoms with E-state index in [4.69, 9.17) is 0 Å². The molecule has 0 bridgehead atoms. The number of rotatable bonds is 7. The van der Waals surface area contributed by atoms with Gasteiger partial charge in [0.15, 0.2) is 5.03 Å². The number of anilines is 1. The first-order valence-electron chi connectivity index (χ1n) is 8.72. The number of benzene rings is 1. The molecule has 150 valence electrons. The molecular weight excluding hydrogens is 394 g/mol. The molecule has 0 atom stereocenters. The molecule has 1 aromatic carbocycles. The van der Waals surface area contributed by atoms with Crippen LogP contribution in [0.4, 0.5) is 5.69 Å². The van der Waals surface area contributed by atoms with Gasteiger partial charge in [0.05, 0.1) is 6.42 Å². The predicted octanol–water partition coefficient (Wildman–Crippen LogP) is 2.10. The van der Waals surface area contributed by atoms with Crippen molar-refractivity contribution in [2.75, 3.05) is 4.72 Å². The second-order valence-electron chi connectivity index (χ2n) is 6.42. The van der Waals surface area contributed by atoms with Crippen LogP contribution in [-0.2, 0) is 27.7 Å². The molecule has 29 heavy (non-hydrogen) atoms. The van der Waals surface area contributed by atoms with E-state index in [-0.39, 0.29) is 23.6 Å². The lowest BCUT2D eigenvalue weighted by molar-refractivity contribution is -0.136. The number of carboxylic acids is 1. The van der Waals surface area contributed by atoms with Crippen molar-refractivity contribution >= 4 is 21.7 Å². The van der Waals surface area contributed by atoms with Crippen molar-refractivity contribution in [3.8, 4) is 0 Å². The van der Waals surface area contributed by atoms with Crippen molar-refractivity contribution in [2.45, 2.75) is 24.8 Å². The minimum atomic E-state index is -4.14. The van der Waals surface area contributed by atoms with E-state index in [1.165, 1.54) is 18.3 Å². The summed E-state index contributed by atoms with van der Waals surface area (Å²) in [6.45, 7) is 1.59. The van der Waals surface area contributed by atoms with Gasteiger partial charge in [0.25, 0.3) is 15.6 Å². The van der Waals surface area contributed by atoms with Crippen molar-refractivity contribution in [2.24, 2.45) is 0 Å². The molecule has 0 unspecified atom stereocenters. The van der Waals surface area contributed by atoms with Crippen molar-refractivity contribution < 1.29 is 18.3 Å². The number of H-pyrrole nitrogens is 1. The van der Waals surface area contributed by atoms with Gasteiger partial charge in [-0.05, 0) is 35.7 Å². The number of aliphatic carboxylic acids is 1. The van der Waals surface area contributed by atoms with Gasteiger partial charge in [0, 0.05) is 18.3 Å². The maximum absolute atomic E-state index is 12.7. The molecule has 2 heterocycles. The molecule has 0 aliphatic carbocycles. The fraction of sp³-hybridized carbons (Fsp3) is 0.150. The van der Waals surface area contributed by atoms with E-state index in [1.807, 2.05) is 30.3 Å². The first-order chi connectivity index (χ1) is 13.8. The van der Waals surface area contributed by atoms with Crippen LogP contribution < -0.4 is 10.3 Å². The van der Waals surface area contributed by atoms with E-state index in [0.717, 1.165) is 5.56 Å². The topological polar surface area (TPSA) is 129 Å². The van der Waals surface area contributed by atoms with Gasteiger partial charge in [-0.3, -0.25) is 14.3 Å². The molecule has 0 amide bonds. The number of carboxylic acid groups (broad SMARTS) is 1. The molecule has 3 aromatic rings. The normalized spacial score (nSPS) is 11.2. The summed E-state index contributed by atoms with van der Waals surface area (Å²) in [6.07, 6.45) is 1.16. The molecule has 0 fully saturated rings. The Balaban J connectivity index is 2.17. The Hall–Kier alpha value is -3.46. The zero-order valence-corrected chi connectivity index (χ0v) is 16.4. The Bertz CT molecular complexity index is 1190. The predicted molar refractivity (Wildman–Crippen MR) is 107 cm³/mol. The van der Waals surface area contributed by atoms with Crippen molar-refractivity contribution in [1.82, 2.24) is 9.97 Å². The van der Waals surface area contributed by atoms with Crippen LogP contribution in [0.15, 0.2) is 64.5 Å². The summed E-state index contributed by atoms with van der Waals surface area (Å²) in [7, 11) is -4.14. The zero-order valence-electron chi connectivity index (χ0n) is 15.5. The second-order valence-corrected chi connectivity index (χ2v) is 8.05. The van der Waals surface area contributed by atoms with Crippen molar-refractivity contribution in [1.29, 1.82) is 0 Å². The van der Waals surface area contributed by atoms with Gasteiger partial charge in [0.2, 0.25) is 0 Å². The maximum atomic E-state index is 12.7.